The molecule has 3 heterocycles. The molecule has 0 bridgehead atoms. The number of benzene rings is 3. The molecule has 1 unspecified atom stereocenters. The third-order valence-corrected chi connectivity index (χ3v) is 7.94. The molecule has 3 aliphatic heterocycles. The lowest BCUT2D eigenvalue weighted by molar-refractivity contribution is -0.131. The predicted octanol–water partition coefficient (Wildman–Crippen LogP) is 6.02. The van der Waals surface area contributed by atoms with Crippen LogP contribution in [0.2, 0.25) is 0 Å². The molecule has 0 saturated carbocycles. The number of rotatable bonds is 6. The first-order valence-corrected chi connectivity index (χ1v) is 15.5. The Kier molecular flexibility index (Phi) is 9.36. The summed E-state index contributed by atoms with van der Waals surface area (Å²) in [5.74, 6) is -1.53. The second kappa shape index (κ2) is 13.4. The lowest BCUT2D eigenvalue weighted by atomic mass is 10.0. The normalized spacial score (nSPS) is 17.4. The van der Waals surface area contributed by atoms with Crippen LogP contribution in [-0.2, 0) is 19.2 Å². The number of aryl methyl sites for hydroxylation is 1. The SMILES string of the molecule is CC(C)=CCC1C(=O)N(c2ccccc2)N(c2ccccc2)C1=O.CCCC1C(=O)N2C(N(C)C)=Nc3ccc(C)cc3N2C1=O. The zero-order valence-corrected chi connectivity index (χ0v) is 27.2. The summed E-state index contributed by atoms with van der Waals surface area (Å²) >= 11 is 0. The van der Waals surface area contributed by atoms with Gasteiger partial charge in [0.2, 0.25) is 5.96 Å². The number of carbonyl (C=O) groups is 4. The largest absolute Gasteiger partial charge is 0.347 e. The average Bonchev–Trinajstić information content (AvgIpc) is 3.44. The molecule has 2 saturated heterocycles. The maximum atomic E-state index is 12.9. The Balaban J connectivity index is 0.000000182. The second-order valence-corrected chi connectivity index (χ2v) is 12.0. The molecule has 4 amide bonds. The number of hydrogen-bond donors (Lipinski definition) is 0. The molecule has 0 aromatic heterocycles. The summed E-state index contributed by atoms with van der Waals surface area (Å²) in [6.07, 6.45) is 3.72. The zero-order valence-electron chi connectivity index (χ0n) is 27.2. The van der Waals surface area contributed by atoms with E-state index in [-0.39, 0.29) is 23.6 Å². The van der Waals surface area contributed by atoms with Gasteiger partial charge in [0.1, 0.15) is 11.8 Å². The van der Waals surface area contributed by atoms with Crippen molar-refractivity contribution in [2.75, 3.05) is 29.1 Å². The van der Waals surface area contributed by atoms with Crippen LogP contribution in [-0.4, -0.2) is 53.6 Å². The molecular formula is C36H40N6O4. The molecule has 3 aromatic carbocycles. The van der Waals surface area contributed by atoms with Gasteiger partial charge in [-0.1, -0.05) is 67.5 Å². The van der Waals surface area contributed by atoms with Crippen LogP contribution in [0.3, 0.4) is 0 Å². The fraction of sp³-hybridized carbons (Fsp3) is 0.306. The molecule has 0 radical (unpaired) electrons. The van der Waals surface area contributed by atoms with E-state index in [9.17, 15) is 19.2 Å². The zero-order chi connectivity index (χ0) is 33.1. The summed E-state index contributed by atoms with van der Waals surface area (Å²) in [6, 6.07) is 24.3. The van der Waals surface area contributed by atoms with Crippen LogP contribution >= 0.6 is 0 Å². The van der Waals surface area contributed by atoms with Crippen LogP contribution in [0.25, 0.3) is 0 Å². The number of fused-ring (bicyclic) bond motifs is 3. The first-order valence-electron chi connectivity index (χ1n) is 15.5. The van der Waals surface area contributed by atoms with Crippen molar-refractivity contribution in [2.45, 2.75) is 47.0 Å². The summed E-state index contributed by atoms with van der Waals surface area (Å²) in [5.41, 5.74) is 4.91. The lowest BCUT2D eigenvalue weighted by Gasteiger charge is -2.35. The van der Waals surface area contributed by atoms with Gasteiger partial charge in [-0.15, -0.1) is 0 Å². The molecule has 10 heteroatoms. The van der Waals surface area contributed by atoms with Crippen molar-refractivity contribution in [3.8, 4) is 0 Å². The molecule has 0 N–H and O–H groups in total. The molecule has 0 aliphatic carbocycles. The third kappa shape index (κ3) is 6.02. The highest BCUT2D eigenvalue weighted by molar-refractivity contribution is 6.23. The van der Waals surface area contributed by atoms with Gasteiger partial charge in [0, 0.05) is 14.1 Å². The van der Waals surface area contributed by atoms with Gasteiger partial charge in [-0.25, -0.2) is 20.0 Å². The quantitative estimate of drug-likeness (QED) is 0.248. The van der Waals surface area contributed by atoms with E-state index in [1.807, 2.05) is 127 Å². The van der Waals surface area contributed by atoms with E-state index in [1.54, 1.807) is 4.90 Å². The van der Waals surface area contributed by atoms with Crippen LogP contribution in [0.5, 0.6) is 0 Å². The molecule has 10 nitrogen and oxygen atoms in total. The molecule has 3 aromatic rings. The molecule has 0 spiro atoms. The van der Waals surface area contributed by atoms with Crippen molar-refractivity contribution in [1.29, 1.82) is 0 Å². The molecular weight excluding hydrogens is 580 g/mol. The van der Waals surface area contributed by atoms with Crippen LogP contribution in [0, 0.1) is 18.8 Å². The van der Waals surface area contributed by atoms with E-state index in [4.69, 9.17) is 0 Å². The predicted molar refractivity (Wildman–Crippen MR) is 180 cm³/mol. The molecule has 46 heavy (non-hydrogen) atoms. The summed E-state index contributed by atoms with van der Waals surface area (Å²) < 4.78 is 0. The van der Waals surface area contributed by atoms with E-state index in [2.05, 4.69) is 4.99 Å². The first-order chi connectivity index (χ1) is 22.0. The van der Waals surface area contributed by atoms with Gasteiger partial charge < -0.3 is 4.90 Å². The van der Waals surface area contributed by atoms with E-state index >= 15 is 0 Å². The van der Waals surface area contributed by atoms with Crippen molar-refractivity contribution < 1.29 is 19.2 Å². The second-order valence-electron chi connectivity index (χ2n) is 12.0. The summed E-state index contributed by atoms with van der Waals surface area (Å²) in [6.45, 7) is 7.87. The fourth-order valence-electron chi connectivity index (χ4n) is 5.67. The minimum absolute atomic E-state index is 0.159. The van der Waals surface area contributed by atoms with Crippen molar-refractivity contribution in [3.05, 3.63) is 96.1 Å². The smallest absolute Gasteiger partial charge is 0.261 e. The number of allylic oxidation sites excluding steroid dienone is 2. The Hall–Kier alpha value is -5.25. The van der Waals surface area contributed by atoms with E-state index < -0.39 is 11.8 Å². The highest BCUT2D eigenvalue weighted by Gasteiger charge is 2.50. The summed E-state index contributed by atoms with van der Waals surface area (Å²) in [4.78, 5) is 57.7. The van der Waals surface area contributed by atoms with E-state index in [0.717, 1.165) is 17.6 Å². The van der Waals surface area contributed by atoms with Gasteiger partial charge in [-0.3, -0.25) is 19.2 Å². The topological polar surface area (TPSA) is 96.8 Å². The van der Waals surface area contributed by atoms with Gasteiger partial charge in [0.25, 0.3) is 23.6 Å². The number of guanidine groups is 1. The van der Waals surface area contributed by atoms with Crippen LogP contribution < -0.4 is 15.0 Å². The number of para-hydroxylation sites is 2. The van der Waals surface area contributed by atoms with E-state index in [1.165, 1.54) is 20.0 Å². The first kappa shape index (κ1) is 32.2. The standard InChI is InChI=1S/C20H20N2O2.C16H20N4O2/c1-15(2)13-14-18-19(23)21(16-9-5-3-6-10-16)22(20(18)24)17-11-7-4-8-12-17;1-5-6-11-14(21)19-13-9-10(2)7-8-12(13)17-16(18(3)4)20(19)15(11)22/h3-13,18H,14H2,1-2H3;7-9,11H,5-6H2,1-4H3. The van der Waals surface area contributed by atoms with Gasteiger partial charge in [0.15, 0.2) is 0 Å². The van der Waals surface area contributed by atoms with Gasteiger partial charge >= 0.3 is 0 Å². The molecule has 3 aliphatic rings. The van der Waals surface area contributed by atoms with E-state index in [0.29, 0.717) is 41.6 Å². The number of carbonyl (C=O) groups excluding carboxylic acids is 4. The number of aliphatic imine (C=N–C) groups is 1. The monoisotopic (exact) mass is 620 g/mol. The van der Waals surface area contributed by atoms with Gasteiger partial charge in [-0.05, 0) is 75.6 Å². The van der Waals surface area contributed by atoms with Crippen LogP contribution in [0.15, 0.2) is 95.5 Å². The number of hydrazine groups is 2. The van der Waals surface area contributed by atoms with Crippen LogP contribution in [0.1, 0.15) is 45.6 Å². The Bertz CT molecular complexity index is 1640. The minimum Gasteiger partial charge on any atom is -0.347 e. The Morgan fingerprint density at radius 2 is 1.26 bits per heavy atom. The Morgan fingerprint density at radius 3 is 1.76 bits per heavy atom. The van der Waals surface area contributed by atoms with Crippen molar-refractivity contribution in [1.82, 2.24) is 9.91 Å². The van der Waals surface area contributed by atoms with Crippen molar-refractivity contribution in [3.63, 3.8) is 0 Å². The molecule has 238 valence electrons. The summed E-state index contributed by atoms with van der Waals surface area (Å²) in [7, 11) is 3.64. The lowest BCUT2D eigenvalue weighted by Crippen LogP contribution is -2.52. The third-order valence-electron chi connectivity index (χ3n) is 7.94. The maximum Gasteiger partial charge on any atom is 0.261 e. The average molecular weight is 621 g/mol. The molecule has 6 rings (SSSR count). The number of amides is 4. The molecule has 2 fully saturated rings. The fourth-order valence-corrected chi connectivity index (χ4v) is 5.67. The molecule has 1 atom stereocenters. The maximum absolute atomic E-state index is 12.9. The highest BCUT2D eigenvalue weighted by Crippen LogP contribution is 2.40. The van der Waals surface area contributed by atoms with Crippen molar-refractivity contribution >= 4 is 52.3 Å². The van der Waals surface area contributed by atoms with Gasteiger partial charge in [0.05, 0.1) is 22.7 Å². The van der Waals surface area contributed by atoms with Gasteiger partial charge in [-0.2, -0.15) is 5.01 Å². The Labute approximate surface area is 270 Å². The number of nitrogens with zero attached hydrogens (tertiary/aromatic N) is 6. The highest BCUT2D eigenvalue weighted by atomic mass is 16.2. The summed E-state index contributed by atoms with van der Waals surface area (Å²) in [5, 5.41) is 5.89. The minimum atomic E-state index is -0.680. The number of anilines is 3. The Morgan fingerprint density at radius 1 is 0.739 bits per heavy atom. The number of hydrogen-bond acceptors (Lipinski definition) is 6. The van der Waals surface area contributed by atoms with Crippen LogP contribution in [0.4, 0.5) is 22.7 Å². The van der Waals surface area contributed by atoms with Crippen molar-refractivity contribution in [2.24, 2.45) is 16.8 Å².